The van der Waals surface area contributed by atoms with Crippen molar-refractivity contribution in [2.75, 3.05) is 13.2 Å². The molecule has 0 saturated carbocycles. The van der Waals surface area contributed by atoms with Crippen LogP contribution in [0.4, 0.5) is 0 Å². The molecule has 4 nitrogen and oxygen atoms in total. The van der Waals surface area contributed by atoms with E-state index in [4.69, 9.17) is 9.47 Å². The highest BCUT2D eigenvalue weighted by molar-refractivity contribution is 6.00. The number of carbonyl (C=O) groups excluding carboxylic acids is 2. The molecule has 0 aliphatic carbocycles. The molecule has 0 amide bonds. The van der Waals surface area contributed by atoms with Crippen LogP contribution in [-0.4, -0.2) is 25.2 Å². The lowest BCUT2D eigenvalue weighted by molar-refractivity contribution is -0.143. The third-order valence-electron chi connectivity index (χ3n) is 4.94. The lowest BCUT2D eigenvalue weighted by Crippen LogP contribution is -2.22. The molecule has 0 spiro atoms. The largest absolute Gasteiger partial charge is 0.462 e. The summed E-state index contributed by atoms with van der Waals surface area (Å²) in [6, 6.07) is 0. The van der Waals surface area contributed by atoms with E-state index >= 15 is 0 Å². The molecule has 0 aromatic heterocycles. The zero-order valence-electron chi connectivity index (χ0n) is 21.8. The Morgan fingerprint density at radius 1 is 0.677 bits per heavy atom. The van der Waals surface area contributed by atoms with Crippen LogP contribution < -0.4 is 0 Å². The Morgan fingerprint density at radius 3 is 1.52 bits per heavy atom. The normalized spacial score (nSPS) is 12.8. The van der Waals surface area contributed by atoms with E-state index in [1.165, 1.54) is 38.5 Å². The van der Waals surface area contributed by atoms with Gasteiger partial charge in [0.1, 0.15) is 0 Å². The van der Waals surface area contributed by atoms with Crippen LogP contribution in [0.25, 0.3) is 0 Å². The van der Waals surface area contributed by atoms with E-state index in [1.54, 1.807) is 0 Å². The van der Waals surface area contributed by atoms with Crippen molar-refractivity contribution in [1.82, 2.24) is 0 Å². The van der Waals surface area contributed by atoms with Crippen molar-refractivity contribution in [3.63, 3.8) is 0 Å². The molecule has 0 N–H and O–H groups in total. The van der Waals surface area contributed by atoms with Gasteiger partial charge in [-0.25, -0.2) is 9.59 Å². The fourth-order valence-corrected chi connectivity index (χ4v) is 3.30. The van der Waals surface area contributed by atoms with Gasteiger partial charge >= 0.3 is 11.9 Å². The summed E-state index contributed by atoms with van der Waals surface area (Å²) in [5, 5.41) is 0. The molecule has 31 heavy (non-hydrogen) atoms. The maximum atomic E-state index is 13.0. The Hall–Kier alpha value is -1.32. The molecule has 0 fully saturated rings. The minimum Gasteiger partial charge on any atom is -0.462 e. The van der Waals surface area contributed by atoms with E-state index in [2.05, 4.69) is 27.7 Å². The van der Waals surface area contributed by atoms with Gasteiger partial charge in [-0.05, 0) is 36.5 Å². The highest BCUT2D eigenvalue weighted by Crippen LogP contribution is 2.30. The topological polar surface area (TPSA) is 52.6 Å². The first kappa shape index (κ1) is 29.7. The maximum absolute atomic E-state index is 13.0. The first-order chi connectivity index (χ1) is 14.5. The molecule has 0 aliphatic rings. The summed E-state index contributed by atoms with van der Waals surface area (Å²) in [4.78, 5) is 25.9. The molecular weight excluding hydrogens is 388 g/mol. The Bertz CT molecular complexity index is 538. The van der Waals surface area contributed by atoms with Crippen molar-refractivity contribution < 1.29 is 19.1 Å². The van der Waals surface area contributed by atoms with Crippen LogP contribution >= 0.6 is 0 Å². The van der Waals surface area contributed by atoms with E-state index in [9.17, 15) is 9.59 Å². The number of hydrogen-bond acceptors (Lipinski definition) is 4. The molecule has 0 aromatic rings. The van der Waals surface area contributed by atoms with Crippen LogP contribution in [0.5, 0.6) is 0 Å². The molecule has 0 heterocycles. The molecule has 0 unspecified atom stereocenters. The van der Waals surface area contributed by atoms with Crippen LogP contribution in [0.1, 0.15) is 120 Å². The quantitative estimate of drug-likeness (QED) is 0.141. The molecule has 0 rings (SSSR count). The van der Waals surface area contributed by atoms with Gasteiger partial charge in [0.15, 0.2) is 0 Å². The monoisotopic (exact) mass is 438 g/mol. The zero-order chi connectivity index (χ0) is 23.9. The van der Waals surface area contributed by atoms with Crippen molar-refractivity contribution in [3.05, 3.63) is 11.1 Å². The van der Waals surface area contributed by atoms with Crippen LogP contribution in [0.2, 0.25) is 0 Å². The van der Waals surface area contributed by atoms with E-state index in [0.29, 0.717) is 37.2 Å². The first-order valence-electron chi connectivity index (χ1n) is 12.5. The SMILES string of the molecule is CCCCCCCCCC/C(C(=O)OCC(C)C)=C(\CC(C)(C)C)C(=O)OCC(C)C. The van der Waals surface area contributed by atoms with Gasteiger partial charge in [0.2, 0.25) is 0 Å². The molecule has 0 aliphatic heterocycles. The van der Waals surface area contributed by atoms with Gasteiger partial charge in [-0.15, -0.1) is 0 Å². The van der Waals surface area contributed by atoms with Crippen molar-refractivity contribution in [3.8, 4) is 0 Å². The van der Waals surface area contributed by atoms with Crippen molar-refractivity contribution in [2.45, 2.75) is 120 Å². The minimum atomic E-state index is -0.361. The van der Waals surface area contributed by atoms with Gasteiger partial charge in [-0.2, -0.15) is 0 Å². The molecule has 0 atom stereocenters. The average Bonchev–Trinajstić information content (AvgIpc) is 2.67. The molecule has 0 aromatic carbocycles. The van der Waals surface area contributed by atoms with Crippen molar-refractivity contribution >= 4 is 11.9 Å². The summed E-state index contributed by atoms with van der Waals surface area (Å²) in [6.07, 6.45) is 10.6. The predicted octanol–water partition coefficient (Wildman–Crippen LogP) is 7.65. The highest BCUT2D eigenvalue weighted by atomic mass is 16.5. The second-order valence-electron chi connectivity index (χ2n) is 10.9. The van der Waals surface area contributed by atoms with Crippen LogP contribution in [0.3, 0.4) is 0 Å². The number of carbonyl (C=O) groups is 2. The number of esters is 2. The molecule has 182 valence electrons. The number of rotatable bonds is 16. The minimum absolute atomic E-state index is 0.130. The number of hydrogen-bond donors (Lipinski definition) is 0. The van der Waals surface area contributed by atoms with Gasteiger partial charge in [0, 0.05) is 11.1 Å². The summed E-state index contributed by atoms with van der Waals surface area (Å²) in [7, 11) is 0. The Labute approximate surface area is 192 Å². The molecule has 0 bridgehead atoms. The summed E-state index contributed by atoms with van der Waals surface area (Å²) in [5.41, 5.74) is 0.898. The third kappa shape index (κ3) is 16.0. The van der Waals surface area contributed by atoms with Crippen LogP contribution in [0, 0.1) is 17.3 Å². The molecular formula is C27H50O4. The van der Waals surface area contributed by atoms with Crippen molar-refractivity contribution in [1.29, 1.82) is 0 Å². The van der Waals surface area contributed by atoms with Crippen LogP contribution in [-0.2, 0) is 19.1 Å². The van der Waals surface area contributed by atoms with Gasteiger partial charge in [-0.1, -0.05) is 100 Å². The Balaban J connectivity index is 5.37. The summed E-state index contributed by atoms with van der Waals surface area (Å²) >= 11 is 0. The third-order valence-corrected chi connectivity index (χ3v) is 4.94. The maximum Gasteiger partial charge on any atom is 0.334 e. The lowest BCUT2D eigenvalue weighted by atomic mass is 9.85. The summed E-state index contributed by atoms with van der Waals surface area (Å²) in [5.74, 6) is -0.201. The van der Waals surface area contributed by atoms with Crippen molar-refractivity contribution in [2.24, 2.45) is 17.3 Å². The van der Waals surface area contributed by atoms with E-state index < -0.39 is 0 Å². The standard InChI is InChI=1S/C27H50O4/c1-9-10-11-12-13-14-15-16-17-23(25(28)30-19-21(2)3)24(18-27(6,7)8)26(29)31-20-22(4)5/h21-22H,9-20H2,1-8H3/b24-23-. The predicted molar refractivity (Wildman–Crippen MR) is 130 cm³/mol. The van der Waals surface area contributed by atoms with Gasteiger partial charge < -0.3 is 9.47 Å². The van der Waals surface area contributed by atoms with Gasteiger partial charge in [0.05, 0.1) is 13.2 Å². The smallest absolute Gasteiger partial charge is 0.334 e. The lowest BCUT2D eigenvalue weighted by Gasteiger charge is -2.23. The highest BCUT2D eigenvalue weighted by Gasteiger charge is 2.27. The second kappa shape index (κ2) is 16.3. The van der Waals surface area contributed by atoms with E-state index in [0.717, 1.165) is 12.8 Å². The Kier molecular flexibility index (Phi) is 15.6. The fraction of sp³-hybridized carbons (Fsp3) is 0.852. The first-order valence-corrected chi connectivity index (χ1v) is 12.5. The van der Waals surface area contributed by atoms with E-state index in [-0.39, 0.29) is 29.2 Å². The van der Waals surface area contributed by atoms with E-state index in [1.807, 2.05) is 27.7 Å². The number of unbranched alkanes of at least 4 members (excludes halogenated alkanes) is 7. The second-order valence-corrected chi connectivity index (χ2v) is 10.9. The zero-order valence-corrected chi connectivity index (χ0v) is 21.8. The summed E-state index contributed by atoms with van der Waals surface area (Å²) < 4.78 is 11.1. The van der Waals surface area contributed by atoms with Crippen LogP contribution in [0.15, 0.2) is 11.1 Å². The molecule has 0 radical (unpaired) electrons. The summed E-state index contributed by atoms with van der Waals surface area (Å²) in [6.45, 7) is 17.2. The van der Waals surface area contributed by atoms with Gasteiger partial charge in [-0.3, -0.25) is 0 Å². The Morgan fingerprint density at radius 2 is 1.10 bits per heavy atom. The molecule has 4 heteroatoms. The molecule has 0 saturated heterocycles. The van der Waals surface area contributed by atoms with Gasteiger partial charge in [0.25, 0.3) is 0 Å². The number of ether oxygens (including phenoxy) is 2. The fourth-order valence-electron chi connectivity index (χ4n) is 3.30. The average molecular weight is 439 g/mol.